The molecular weight excluding hydrogens is 182 g/mol. The van der Waals surface area contributed by atoms with Gasteiger partial charge in [0.25, 0.3) is 0 Å². The van der Waals surface area contributed by atoms with Crippen LogP contribution < -0.4 is 0 Å². The second-order valence-electron chi connectivity index (χ2n) is 4.36. The van der Waals surface area contributed by atoms with Gasteiger partial charge in [-0.3, -0.25) is 9.69 Å². The Morgan fingerprint density at radius 1 is 1.29 bits per heavy atom. The highest BCUT2D eigenvalue weighted by Crippen LogP contribution is 2.34. The molecule has 80 valence electrons. The van der Waals surface area contributed by atoms with Crippen molar-refractivity contribution in [1.29, 1.82) is 0 Å². The summed E-state index contributed by atoms with van der Waals surface area (Å²) in [4.78, 5) is 12.7. The molecule has 4 nitrogen and oxygen atoms in total. The number of hydrogen-bond acceptors (Lipinski definition) is 3. The molecule has 2 atom stereocenters. The summed E-state index contributed by atoms with van der Waals surface area (Å²) in [7, 11) is 0. The fraction of sp³-hybridized carbons (Fsp3) is 0.900. The third-order valence-corrected chi connectivity index (χ3v) is 3.20. The summed E-state index contributed by atoms with van der Waals surface area (Å²) in [6, 6.07) is 0.516. The molecule has 14 heavy (non-hydrogen) atoms. The van der Waals surface area contributed by atoms with E-state index < -0.39 is 5.97 Å². The first-order valence-electron chi connectivity index (χ1n) is 5.34. The maximum absolute atomic E-state index is 10.7. The Hall–Kier alpha value is -0.610. The van der Waals surface area contributed by atoms with Crippen LogP contribution >= 0.6 is 0 Å². The molecule has 0 spiro atoms. The predicted molar refractivity (Wildman–Crippen MR) is 51.0 cm³/mol. The topological polar surface area (TPSA) is 60.8 Å². The monoisotopic (exact) mass is 199 g/mol. The number of rotatable bonds is 4. The number of carboxylic acid groups (broad SMARTS) is 1. The molecule has 2 aliphatic rings. The maximum atomic E-state index is 10.7. The van der Waals surface area contributed by atoms with Crippen molar-refractivity contribution in [3.8, 4) is 0 Å². The molecule has 2 unspecified atom stereocenters. The first-order chi connectivity index (χ1) is 6.68. The van der Waals surface area contributed by atoms with Crippen LogP contribution in [0.4, 0.5) is 0 Å². The zero-order chi connectivity index (χ0) is 10.1. The average molecular weight is 199 g/mol. The van der Waals surface area contributed by atoms with E-state index in [1.165, 1.54) is 0 Å². The summed E-state index contributed by atoms with van der Waals surface area (Å²) in [6.45, 7) is 0.0897. The molecule has 0 bridgehead atoms. The molecule has 0 aromatic carbocycles. The minimum Gasteiger partial charge on any atom is -0.480 e. The van der Waals surface area contributed by atoms with Crippen molar-refractivity contribution >= 4 is 5.97 Å². The van der Waals surface area contributed by atoms with E-state index in [9.17, 15) is 9.90 Å². The Labute approximate surface area is 83.5 Å². The summed E-state index contributed by atoms with van der Waals surface area (Å²) < 4.78 is 0. The molecule has 0 aromatic rings. The van der Waals surface area contributed by atoms with Crippen LogP contribution in [0.5, 0.6) is 0 Å². The summed E-state index contributed by atoms with van der Waals surface area (Å²) in [6.07, 6.45) is 4.68. The van der Waals surface area contributed by atoms with E-state index in [1.54, 1.807) is 0 Å². The van der Waals surface area contributed by atoms with Gasteiger partial charge in [0.15, 0.2) is 0 Å². The minimum absolute atomic E-state index is 0.0897. The Morgan fingerprint density at radius 3 is 2.43 bits per heavy atom. The van der Waals surface area contributed by atoms with E-state index in [1.807, 2.05) is 4.90 Å². The molecule has 0 aliphatic heterocycles. The third-order valence-electron chi connectivity index (χ3n) is 3.20. The SMILES string of the molecule is O=C(O)CN(C1CC1)C1CCCC1O. The standard InChI is InChI=1S/C10H17NO3/c12-9-3-1-2-8(9)11(6-10(13)14)7-4-5-7/h7-9,12H,1-6H2,(H,13,14). The van der Waals surface area contributed by atoms with Gasteiger partial charge in [0, 0.05) is 12.1 Å². The Bertz CT molecular complexity index is 227. The average Bonchev–Trinajstić information content (AvgIpc) is 2.86. The smallest absolute Gasteiger partial charge is 0.317 e. The molecule has 2 fully saturated rings. The van der Waals surface area contributed by atoms with Crippen molar-refractivity contribution in [3.05, 3.63) is 0 Å². The van der Waals surface area contributed by atoms with Gasteiger partial charge in [-0.1, -0.05) is 0 Å². The van der Waals surface area contributed by atoms with Crippen LogP contribution in [0.1, 0.15) is 32.1 Å². The lowest BCUT2D eigenvalue weighted by molar-refractivity contribution is -0.139. The highest BCUT2D eigenvalue weighted by molar-refractivity contribution is 5.69. The zero-order valence-electron chi connectivity index (χ0n) is 8.22. The van der Waals surface area contributed by atoms with Crippen molar-refractivity contribution in [1.82, 2.24) is 4.90 Å². The predicted octanol–water partition coefficient (Wildman–Crippen LogP) is 0.449. The first-order valence-corrected chi connectivity index (χ1v) is 5.34. The fourth-order valence-corrected chi connectivity index (χ4v) is 2.39. The van der Waals surface area contributed by atoms with Gasteiger partial charge >= 0.3 is 5.97 Å². The first kappa shape index (κ1) is 9.93. The molecular formula is C10H17NO3. The highest BCUT2D eigenvalue weighted by atomic mass is 16.4. The maximum Gasteiger partial charge on any atom is 0.317 e. The number of hydrogen-bond donors (Lipinski definition) is 2. The van der Waals surface area contributed by atoms with E-state index in [0.717, 1.165) is 32.1 Å². The summed E-state index contributed by atoms with van der Waals surface area (Å²) >= 11 is 0. The minimum atomic E-state index is -0.781. The molecule has 2 saturated carbocycles. The van der Waals surface area contributed by atoms with Crippen molar-refractivity contribution in [2.24, 2.45) is 0 Å². The van der Waals surface area contributed by atoms with Crippen molar-refractivity contribution in [3.63, 3.8) is 0 Å². The van der Waals surface area contributed by atoms with Crippen LogP contribution in [0, 0.1) is 0 Å². The number of aliphatic carboxylic acids is 1. The lowest BCUT2D eigenvalue weighted by atomic mass is 10.1. The number of carbonyl (C=O) groups is 1. The largest absolute Gasteiger partial charge is 0.480 e. The van der Waals surface area contributed by atoms with E-state index in [2.05, 4.69) is 0 Å². The van der Waals surface area contributed by atoms with Crippen LogP contribution in [-0.2, 0) is 4.79 Å². The van der Waals surface area contributed by atoms with Gasteiger partial charge in [-0.15, -0.1) is 0 Å². The van der Waals surface area contributed by atoms with Crippen LogP contribution in [0.2, 0.25) is 0 Å². The molecule has 0 radical (unpaired) electrons. The highest BCUT2D eigenvalue weighted by Gasteiger charge is 2.39. The number of nitrogens with zero attached hydrogens (tertiary/aromatic N) is 1. The van der Waals surface area contributed by atoms with Crippen LogP contribution in [0.3, 0.4) is 0 Å². The molecule has 0 amide bonds. The summed E-state index contributed by atoms with van der Waals surface area (Å²) in [5, 5.41) is 18.5. The van der Waals surface area contributed by atoms with E-state index >= 15 is 0 Å². The van der Waals surface area contributed by atoms with Crippen molar-refractivity contribution < 1.29 is 15.0 Å². The van der Waals surface area contributed by atoms with Gasteiger partial charge in [0.2, 0.25) is 0 Å². The third kappa shape index (κ3) is 2.07. The van der Waals surface area contributed by atoms with Gasteiger partial charge in [0.05, 0.1) is 12.6 Å². The normalized spacial score (nSPS) is 32.4. The summed E-state index contributed by atoms with van der Waals surface area (Å²) in [5.41, 5.74) is 0. The van der Waals surface area contributed by atoms with Gasteiger partial charge in [-0.2, -0.15) is 0 Å². The molecule has 4 heteroatoms. The lowest BCUT2D eigenvalue weighted by Gasteiger charge is -2.29. The quantitative estimate of drug-likeness (QED) is 0.690. The Balaban J connectivity index is 1.98. The fourth-order valence-electron chi connectivity index (χ4n) is 2.39. The lowest BCUT2D eigenvalue weighted by Crippen LogP contribution is -2.44. The van der Waals surface area contributed by atoms with Crippen molar-refractivity contribution in [2.75, 3.05) is 6.54 Å². The van der Waals surface area contributed by atoms with Crippen LogP contribution in [-0.4, -0.2) is 45.8 Å². The molecule has 2 rings (SSSR count). The number of aliphatic hydroxyl groups is 1. The van der Waals surface area contributed by atoms with Crippen LogP contribution in [0.25, 0.3) is 0 Å². The van der Waals surface area contributed by atoms with Gasteiger partial charge in [-0.25, -0.2) is 0 Å². The molecule has 0 aromatic heterocycles. The molecule has 2 aliphatic carbocycles. The Morgan fingerprint density at radius 2 is 2.00 bits per heavy atom. The van der Waals surface area contributed by atoms with Gasteiger partial charge in [-0.05, 0) is 32.1 Å². The number of carboxylic acids is 1. The van der Waals surface area contributed by atoms with Crippen LogP contribution in [0.15, 0.2) is 0 Å². The Kier molecular flexibility index (Phi) is 2.74. The van der Waals surface area contributed by atoms with E-state index in [0.29, 0.717) is 6.04 Å². The second-order valence-corrected chi connectivity index (χ2v) is 4.36. The molecule has 0 saturated heterocycles. The zero-order valence-corrected chi connectivity index (χ0v) is 8.22. The van der Waals surface area contributed by atoms with Gasteiger partial charge < -0.3 is 10.2 Å². The van der Waals surface area contributed by atoms with Gasteiger partial charge in [0.1, 0.15) is 0 Å². The van der Waals surface area contributed by atoms with E-state index in [4.69, 9.17) is 5.11 Å². The molecule has 0 heterocycles. The molecule has 2 N–H and O–H groups in total. The summed E-state index contributed by atoms with van der Waals surface area (Å²) in [5.74, 6) is -0.781. The number of aliphatic hydroxyl groups excluding tert-OH is 1. The second kappa shape index (κ2) is 3.87. The van der Waals surface area contributed by atoms with Crippen molar-refractivity contribution in [2.45, 2.75) is 50.3 Å². The van der Waals surface area contributed by atoms with E-state index in [-0.39, 0.29) is 18.7 Å².